The molecule has 2 amide bonds. The van der Waals surface area contributed by atoms with Crippen molar-refractivity contribution in [3.05, 3.63) is 48.5 Å². The maximum absolute atomic E-state index is 12.2. The van der Waals surface area contributed by atoms with E-state index in [9.17, 15) is 9.59 Å². The zero-order valence-corrected chi connectivity index (χ0v) is 20.4. The third-order valence-electron chi connectivity index (χ3n) is 7.14. The zero-order chi connectivity index (χ0) is 25.6. The van der Waals surface area contributed by atoms with E-state index in [4.69, 9.17) is 19.9 Å². The summed E-state index contributed by atoms with van der Waals surface area (Å²) in [5, 5.41) is 6.04. The zero-order valence-electron chi connectivity index (χ0n) is 20.4. The van der Waals surface area contributed by atoms with Crippen LogP contribution >= 0.6 is 0 Å². The van der Waals surface area contributed by atoms with Crippen molar-refractivity contribution in [2.45, 2.75) is 37.5 Å². The van der Waals surface area contributed by atoms with E-state index in [0.717, 1.165) is 36.9 Å². The smallest absolute Gasteiger partial charge is 0.252 e. The van der Waals surface area contributed by atoms with Gasteiger partial charge in [0.1, 0.15) is 5.82 Å². The van der Waals surface area contributed by atoms with Crippen LogP contribution < -0.4 is 21.1 Å². The first kappa shape index (κ1) is 23.4. The fourth-order valence-corrected chi connectivity index (χ4v) is 4.94. The van der Waals surface area contributed by atoms with E-state index >= 15 is 0 Å². The number of nitrogens with zero attached hydrogens (tertiary/aromatic N) is 3. The Morgan fingerprint density at radius 1 is 1.16 bits per heavy atom. The van der Waals surface area contributed by atoms with Gasteiger partial charge < -0.3 is 35.1 Å². The second-order valence-corrected chi connectivity index (χ2v) is 9.52. The van der Waals surface area contributed by atoms with Crippen molar-refractivity contribution >= 4 is 29.0 Å². The van der Waals surface area contributed by atoms with E-state index in [0.29, 0.717) is 36.2 Å². The molecule has 37 heavy (non-hydrogen) atoms. The summed E-state index contributed by atoms with van der Waals surface area (Å²) in [6, 6.07) is 7.28. The highest BCUT2D eigenvalue weighted by atomic mass is 16.7. The first-order valence-corrected chi connectivity index (χ1v) is 12.3. The fraction of sp³-hybridized carbons (Fsp3) is 0.385. The number of primary amides is 1. The Labute approximate surface area is 213 Å². The van der Waals surface area contributed by atoms with Gasteiger partial charge in [0.25, 0.3) is 5.91 Å². The van der Waals surface area contributed by atoms with Crippen LogP contribution in [-0.4, -0.2) is 52.5 Å². The lowest BCUT2D eigenvalue weighted by Gasteiger charge is -2.44. The minimum absolute atomic E-state index is 0.0206. The summed E-state index contributed by atoms with van der Waals surface area (Å²) >= 11 is 0. The Kier molecular flexibility index (Phi) is 5.81. The topological polar surface area (TPSA) is 143 Å². The van der Waals surface area contributed by atoms with Gasteiger partial charge in [-0.3, -0.25) is 9.59 Å². The number of carbonyl (C=O) groups excluding carboxylic acids is 2. The van der Waals surface area contributed by atoms with E-state index in [-0.39, 0.29) is 23.4 Å². The number of methoxy groups -OCH3 is 1. The normalized spacial score (nSPS) is 19.9. The van der Waals surface area contributed by atoms with Crippen LogP contribution in [0.15, 0.2) is 43.0 Å². The number of rotatable bonds is 8. The van der Waals surface area contributed by atoms with Crippen molar-refractivity contribution in [1.82, 2.24) is 14.5 Å². The number of ether oxygens (including phenoxy) is 3. The van der Waals surface area contributed by atoms with Crippen LogP contribution in [0.4, 0.5) is 17.2 Å². The number of carbonyl (C=O) groups is 2. The molecule has 3 fully saturated rings. The second kappa shape index (κ2) is 9.16. The van der Waals surface area contributed by atoms with E-state index in [2.05, 4.69) is 20.6 Å². The molecule has 3 aliphatic rings. The molecule has 1 unspecified atom stereocenters. The molecule has 6 rings (SSSR count). The molecule has 0 bridgehead atoms. The maximum Gasteiger partial charge on any atom is 0.252 e. The SMILES string of the molecule is COc1c(Nc2cc(NC(=O)C3CC3)ncc2C(N)=O)cccc1-c1cn(C2CCC23OCCO3)cn1. The van der Waals surface area contributed by atoms with Gasteiger partial charge in [-0.2, -0.15) is 0 Å². The van der Waals surface area contributed by atoms with Crippen LogP contribution in [0.3, 0.4) is 0 Å². The Morgan fingerprint density at radius 3 is 2.65 bits per heavy atom. The van der Waals surface area contributed by atoms with Crippen molar-refractivity contribution in [2.24, 2.45) is 11.7 Å². The molecular formula is C26H28N6O5. The number of nitrogens with one attached hydrogen (secondary N) is 2. The first-order valence-electron chi connectivity index (χ1n) is 12.3. The summed E-state index contributed by atoms with van der Waals surface area (Å²) in [6.07, 6.45) is 8.67. The Bertz CT molecular complexity index is 1360. The number of aromatic nitrogens is 3. The van der Waals surface area contributed by atoms with Gasteiger partial charge in [0.15, 0.2) is 11.5 Å². The highest BCUT2D eigenvalue weighted by Gasteiger charge is 2.53. The highest BCUT2D eigenvalue weighted by Crippen LogP contribution is 2.49. The molecule has 2 aromatic heterocycles. The number of pyridine rings is 1. The highest BCUT2D eigenvalue weighted by molar-refractivity contribution is 6.01. The molecule has 11 heteroatoms. The lowest BCUT2D eigenvalue weighted by molar-refractivity contribution is -0.240. The van der Waals surface area contributed by atoms with E-state index in [1.54, 1.807) is 19.5 Å². The molecule has 1 aliphatic heterocycles. The third-order valence-corrected chi connectivity index (χ3v) is 7.14. The predicted octanol–water partition coefficient (Wildman–Crippen LogP) is 3.22. The molecular weight excluding hydrogens is 476 g/mol. The summed E-state index contributed by atoms with van der Waals surface area (Å²) in [7, 11) is 1.57. The predicted molar refractivity (Wildman–Crippen MR) is 135 cm³/mol. The Morgan fingerprint density at radius 2 is 1.97 bits per heavy atom. The number of hydrogen-bond acceptors (Lipinski definition) is 8. The Hall–Kier alpha value is -3.96. The molecule has 3 heterocycles. The molecule has 1 saturated heterocycles. The van der Waals surface area contributed by atoms with Gasteiger partial charge in [0, 0.05) is 36.4 Å². The van der Waals surface area contributed by atoms with Crippen molar-refractivity contribution < 1.29 is 23.8 Å². The number of nitrogens with two attached hydrogens (primary N) is 1. The van der Waals surface area contributed by atoms with Gasteiger partial charge >= 0.3 is 0 Å². The van der Waals surface area contributed by atoms with Crippen molar-refractivity contribution in [3.8, 4) is 17.0 Å². The van der Waals surface area contributed by atoms with Crippen LogP contribution in [-0.2, 0) is 14.3 Å². The van der Waals surface area contributed by atoms with E-state index in [1.165, 1.54) is 6.20 Å². The molecule has 1 aromatic carbocycles. The molecule has 2 saturated carbocycles. The number of amides is 2. The van der Waals surface area contributed by atoms with Gasteiger partial charge in [0.05, 0.1) is 55.3 Å². The number of imidazole rings is 1. The van der Waals surface area contributed by atoms with Gasteiger partial charge in [-0.05, 0) is 31.4 Å². The molecule has 2 aliphatic carbocycles. The summed E-state index contributed by atoms with van der Waals surface area (Å²) < 4.78 is 19.6. The van der Waals surface area contributed by atoms with Gasteiger partial charge in [-0.1, -0.05) is 6.07 Å². The quantitative estimate of drug-likeness (QED) is 0.424. The minimum atomic E-state index is -0.644. The third kappa shape index (κ3) is 4.30. The standard InChI is InChI=1S/C26H28N6O5/c1-35-23-16(20-13-32(14-29-20)21-7-8-26(21)36-9-10-37-26)3-2-4-18(23)30-19-11-22(28-12-17(19)24(27)33)31-25(34)15-5-6-15/h2-4,11-15,21H,5-10H2,1H3,(H2,27,33)(H2,28,30,31,34). The molecule has 1 spiro atoms. The molecule has 3 aromatic rings. The van der Waals surface area contributed by atoms with E-state index in [1.807, 2.05) is 29.0 Å². The number of para-hydroxylation sites is 1. The summed E-state index contributed by atoms with van der Waals surface area (Å²) in [5.74, 6) is -0.377. The van der Waals surface area contributed by atoms with Crippen molar-refractivity contribution in [2.75, 3.05) is 31.0 Å². The van der Waals surface area contributed by atoms with Gasteiger partial charge in [-0.25, -0.2) is 9.97 Å². The maximum atomic E-state index is 12.2. The van der Waals surface area contributed by atoms with Crippen LogP contribution in [0.5, 0.6) is 5.75 Å². The number of benzene rings is 1. The lowest BCUT2D eigenvalue weighted by atomic mass is 9.84. The van der Waals surface area contributed by atoms with Crippen molar-refractivity contribution in [3.63, 3.8) is 0 Å². The second-order valence-electron chi connectivity index (χ2n) is 9.52. The van der Waals surface area contributed by atoms with Crippen LogP contribution in [0, 0.1) is 5.92 Å². The first-order chi connectivity index (χ1) is 18.0. The summed E-state index contributed by atoms with van der Waals surface area (Å²) in [4.78, 5) is 33.1. The average molecular weight is 505 g/mol. The molecule has 4 N–H and O–H groups in total. The monoisotopic (exact) mass is 504 g/mol. The van der Waals surface area contributed by atoms with Crippen LogP contribution in [0.2, 0.25) is 0 Å². The lowest BCUT2D eigenvalue weighted by Crippen LogP contribution is -2.48. The average Bonchev–Trinajstić information content (AvgIpc) is 3.40. The van der Waals surface area contributed by atoms with Crippen LogP contribution in [0.25, 0.3) is 11.3 Å². The number of hydrogen-bond donors (Lipinski definition) is 3. The Balaban J connectivity index is 1.29. The molecule has 192 valence electrons. The van der Waals surface area contributed by atoms with E-state index < -0.39 is 11.7 Å². The summed E-state index contributed by atoms with van der Waals surface area (Å²) in [5.41, 5.74) is 8.28. The largest absolute Gasteiger partial charge is 0.494 e. The fourth-order valence-electron chi connectivity index (χ4n) is 4.94. The van der Waals surface area contributed by atoms with Gasteiger partial charge in [0.2, 0.25) is 5.91 Å². The molecule has 0 radical (unpaired) electrons. The molecule has 11 nitrogen and oxygen atoms in total. The number of anilines is 3. The van der Waals surface area contributed by atoms with Gasteiger partial charge in [-0.15, -0.1) is 0 Å². The molecule has 1 atom stereocenters. The van der Waals surface area contributed by atoms with Crippen molar-refractivity contribution in [1.29, 1.82) is 0 Å². The summed E-state index contributed by atoms with van der Waals surface area (Å²) in [6.45, 7) is 1.21. The minimum Gasteiger partial charge on any atom is -0.494 e. The van der Waals surface area contributed by atoms with Crippen LogP contribution in [0.1, 0.15) is 42.1 Å².